The van der Waals surface area contributed by atoms with Crippen molar-refractivity contribution < 1.29 is 9.53 Å². The van der Waals surface area contributed by atoms with Gasteiger partial charge in [-0.15, -0.1) is 0 Å². The molecule has 5 nitrogen and oxygen atoms in total. The molecule has 1 amide bonds. The van der Waals surface area contributed by atoms with Crippen LogP contribution in [0.2, 0.25) is 0 Å². The van der Waals surface area contributed by atoms with Crippen LogP contribution >= 0.6 is 22.6 Å². The predicted molar refractivity (Wildman–Crippen MR) is 107 cm³/mol. The van der Waals surface area contributed by atoms with Crippen LogP contribution in [0.3, 0.4) is 0 Å². The van der Waals surface area contributed by atoms with Crippen LogP contribution in [-0.2, 0) is 0 Å². The van der Waals surface area contributed by atoms with E-state index in [9.17, 15) is 4.79 Å². The molecule has 1 heterocycles. The number of halogens is 1. The van der Waals surface area contributed by atoms with Crippen LogP contribution in [0.1, 0.15) is 16.1 Å². The van der Waals surface area contributed by atoms with Crippen molar-refractivity contribution in [3.8, 4) is 11.4 Å². The van der Waals surface area contributed by atoms with E-state index in [2.05, 4.69) is 33.1 Å². The highest BCUT2D eigenvalue weighted by atomic mass is 127. The Morgan fingerprint density at radius 1 is 1.16 bits per heavy atom. The number of hydrazone groups is 1. The third-order valence-electron chi connectivity index (χ3n) is 3.59. The maximum absolute atomic E-state index is 12.2. The van der Waals surface area contributed by atoms with Gasteiger partial charge in [-0.05, 0) is 65.1 Å². The Morgan fingerprint density at radius 2 is 1.96 bits per heavy atom. The summed E-state index contributed by atoms with van der Waals surface area (Å²) in [4.78, 5) is 12.2. The lowest BCUT2D eigenvalue weighted by atomic mass is 10.2. The molecule has 0 saturated carbocycles. The van der Waals surface area contributed by atoms with Crippen molar-refractivity contribution in [2.45, 2.75) is 0 Å². The average molecular weight is 445 g/mol. The molecule has 3 rings (SSSR count). The highest BCUT2D eigenvalue weighted by Gasteiger charge is 2.08. The van der Waals surface area contributed by atoms with E-state index in [0.717, 1.165) is 15.0 Å². The van der Waals surface area contributed by atoms with E-state index < -0.39 is 0 Å². The zero-order valence-corrected chi connectivity index (χ0v) is 15.7. The predicted octanol–water partition coefficient (Wildman–Crippen LogP) is 3.85. The Labute approximate surface area is 159 Å². The summed E-state index contributed by atoms with van der Waals surface area (Å²) in [6.07, 6.45) is 3.57. The summed E-state index contributed by atoms with van der Waals surface area (Å²) in [5.74, 6) is 0.374. The van der Waals surface area contributed by atoms with E-state index in [1.165, 1.54) is 0 Å². The number of carbonyl (C=O) groups excluding carboxylic acids is 1. The van der Waals surface area contributed by atoms with E-state index in [1.807, 2.05) is 59.3 Å². The molecular weight excluding hydrogens is 429 g/mol. The van der Waals surface area contributed by atoms with Crippen LogP contribution in [0, 0.1) is 3.57 Å². The van der Waals surface area contributed by atoms with Crippen LogP contribution in [0.15, 0.2) is 72.0 Å². The number of nitrogens with one attached hydrogen (secondary N) is 1. The summed E-state index contributed by atoms with van der Waals surface area (Å²) in [5, 5.41) is 4.07. The second kappa shape index (κ2) is 7.98. The molecule has 3 aromatic rings. The highest BCUT2D eigenvalue weighted by Crippen LogP contribution is 2.21. The van der Waals surface area contributed by atoms with Gasteiger partial charge in [0, 0.05) is 17.4 Å². The SMILES string of the molecule is COc1cc(C(=O)N/N=C\c2cccn2-c2ccccc2)ccc1I. The van der Waals surface area contributed by atoms with Gasteiger partial charge in [0.15, 0.2) is 0 Å². The minimum atomic E-state index is -0.288. The van der Waals surface area contributed by atoms with E-state index in [-0.39, 0.29) is 5.91 Å². The summed E-state index contributed by atoms with van der Waals surface area (Å²) in [5.41, 5.74) is 4.94. The Hall–Kier alpha value is -2.61. The van der Waals surface area contributed by atoms with Crippen molar-refractivity contribution in [1.29, 1.82) is 0 Å². The molecule has 0 aliphatic rings. The molecule has 0 spiro atoms. The summed E-state index contributed by atoms with van der Waals surface area (Å²) >= 11 is 2.16. The largest absolute Gasteiger partial charge is 0.496 e. The van der Waals surface area contributed by atoms with Gasteiger partial charge in [-0.2, -0.15) is 5.10 Å². The molecule has 0 saturated heterocycles. The van der Waals surface area contributed by atoms with E-state index >= 15 is 0 Å². The molecule has 0 atom stereocenters. The van der Waals surface area contributed by atoms with E-state index in [1.54, 1.807) is 25.5 Å². The number of hydrogen-bond acceptors (Lipinski definition) is 3. The van der Waals surface area contributed by atoms with Crippen molar-refractivity contribution >= 4 is 34.7 Å². The van der Waals surface area contributed by atoms with Gasteiger partial charge in [-0.25, -0.2) is 5.43 Å². The number of nitrogens with zero attached hydrogens (tertiary/aromatic N) is 2. The molecule has 6 heteroatoms. The maximum atomic E-state index is 12.2. The van der Waals surface area contributed by atoms with Crippen molar-refractivity contribution in [3.05, 3.63) is 81.7 Å². The summed E-state index contributed by atoms with van der Waals surface area (Å²) in [6.45, 7) is 0. The van der Waals surface area contributed by atoms with Gasteiger partial charge >= 0.3 is 0 Å². The summed E-state index contributed by atoms with van der Waals surface area (Å²) in [6, 6.07) is 19.1. The Balaban J connectivity index is 1.72. The van der Waals surface area contributed by atoms with Crippen molar-refractivity contribution in [1.82, 2.24) is 9.99 Å². The molecule has 0 radical (unpaired) electrons. The molecule has 25 heavy (non-hydrogen) atoms. The van der Waals surface area contributed by atoms with Crippen LogP contribution in [0.25, 0.3) is 5.69 Å². The molecule has 126 valence electrons. The molecule has 2 aromatic carbocycles. The summed E-state index contributed by atoms with van der Waals surface area (Å²) in [7, 11) is 1.58. The number of rotatable bonds is 5. The number of benzene rings is 2. The third-order valence-corrected chi connectivity index (χ3v) is 4.48. The number of amides is 1. The average Bonchev–Trinajstić information content (AvgIpc) is 3.11. The molecule has 0 bridgehead atoms. The van der Waals surface area contributed by atoms with Gasteiger partial charge in [0.1, 0.15) is 5.75 Å². The maximum Gasteiger partial charge on any atom is 0.271 e. The number of hydrogen-bond donors (Lipinski definition) is 1. The van der Waals surface area contributed by atoms with E-state index in [0.29, 0.717) is 11.3 Å². The lowest BCUT2D eigenvalue weighted by Crippen LogP contribution is -2.18. The lowest BCUT2D eigenvalue weighted by molar-refractivity contribution is 0.0954. The normalized spacial score (nSPS) is 10.8. The highest BCUT2D eigenvalue weighted by molar-refractivity contribution is 14.1. The quantitative estimate of drug-likeness (QED) is 0.369. The minimum Gasteiger partial charge on any atom is -0.496 e. The second-order valence-corrected chi connectivity index (χ2v) is 6.35. The molecule has 0 aliphatic heterocycles. The first-order valence-corrected chi connectivity index (χ1v) is 8.66. The van der Waals surface area contributed by atoms with Crippen LogP contribution in [-0.4, -0.2) is 23.8 Å². The minimum absolute atomic E-state index is 0.288. The first-order valence-electron chi connectivity index (χ1n) is 7.59. The lowest BCUT2D eigenvalue weighted by Gasteiger charge is -2.06. The Bertz CT molecular complexity index is 904. The van der Waals surface area contributed by atoms with Crippen LogP contribution in [0.4, 0.5) is 0 Å². The smallest absolute Gasteiger partial charge is 0.271 e. The fourth-order valence-corrected chi connectivity index (χ4v) is 2.90. The van der Waals surface area contributed by atoms with Gasteiger partial charge in [-0.3, -0.25) is 4.79 Å². The monoisotopic (exact) mass is 445 g/mol. The zero-order chi connectivity index (χ0) is 17.6. The Morgan fingerprint density at radius 3 is 2.72 bits per heavy atom. The number of methoxy groups -OCH3 is 1. The van der Waals surface area contributed by atoms with Gasteiger partial charge in [0.25, 0.3) is 5.91 Å². The standard InChI is InChI=1S/C19H16IN3O2/c1-25-18-12-14(9-10-17(18)20)19(24)22-21-13-16-8-5-11-23(16)15-6-3-2-4-7-15/h2-13H,1H3,(H,22,24)/b21-13-. The van der Waals surface area contributed by atoms with Gasteiger partial charge in [-0.1, -0.05) is 18.2 Å². The second-order valence-electron chi connectivity index (χ2n) is 5.19. The molecular formula is C19H16IN3O2. The van der Waals surface area contributed by atoms with Crippen LogP contribution in [0.5, 0.6) is 5.75 Å². The number of aromatic nitrogens is 1. The fourth-order valence-electron chi connectivity index (χ4n) is 2.35. The van der Waals surface area contributed by atoms with Crippen molar-refractivity contribution in [3.63, 3.8) is 0 Å². The molecule has 1 N–H and O–H groups in total. The summed E-state index contributed by atoms with van der Waals surface area (Å²) < 4.78 is 8.17. The zero-order valence-electron chi connectivity index (χ0n) is 13.5. The Kier molecular flexibility index (Phi) is 5.49. The van der Waals surface area contributed by atoms with Gasteiger partial charge in [0.05, 0.1) is 22.6 Å². The van der Waals surface area contributed by atoms with Gasteiger partial charge < -0.3 is 9.30 Å². The first-order chi connectivity index (χ1) is 12.2. The first kappa shape index (κ1) is 17.2. The molecule has 0 aliphatic carbocycles. The molecule has 1 aromatic heterocycles. The topological polar surface area (TPSA) is 55.6 Å². The number of carbonyl (C=O) groups is 1. The number of para-hydroxylation sites is 1. The van der Waals surface area contributed by atoms with Crippen molar-refractivity contribution in [2.75, 3.05) is 7.11 Å². The third kappa shape index (κ3) is 4.08. The fraction of sp³-hybridized carbons (Fsp3) is 0.0526. The molecule has 0 fully saturated rings. The van der Waals surface area contributed by atoms with Gasteiger partial charge in [0.2, 0.25) is 0 Å². The van der Waals surface area contributed by atoms with E-state index in [4.69, 9.17) is 4.74 Å². The number of ether oxygens (including phenoxy) is 1. The van der Waals surface area contributed by atoms with Crippen molar-refractivity contribution in [2.24, 2.45) is 5.10 Å². The van der Waals surface area contributed by atoms with Crippen LogP contribution < -0.4 is 10.2 Å². The molecule has 0 unspecified atom stereocenters.